The third-order valence-electron chi connectivity index (χ3n) is 7.33. The van der Waals surface area contributed by atoms with Crippen LogP contribution >= 0.6 is 23.4 Å². The molecule has 2 aliphatic rings. The number of methoxy groups -OCH3 is 1. The minimum Gasteiger partial charge on any atom is -0.383 e. The molecule has 0 bridgehead atoms. The number of nitrogens with zero attached hydrogens (tertiary/aromatic N) is 5. The van der Waals surface area contributed by atoms with Crippen LogP contribution in [0.2, 0.25) is 5.02 Å². The van der Waals surface area contributed by atoms with E-state index >= 15 is 0 Å². The Morgan fingerprint density at radius 2 is 1.77 bits per heavy atom. The van der Waals surface area contributed by atoms with Crippen LogP contribution in [0.1, 0.15) is 25.0 Å². The van der Waals surface area contributed by atoms with Gasteiger partial charge in [-0.1, -0.05) is 24.6 Å². The molecule has 2 N–H and O–H groups in total. The molecule has 0 unspecified atom stereocenters. The largest absolute Gasteiger partial charge is 0.383 e. The number of rotatable bonds is 9. The van der Waals surface area contributed by atoms with Crippen LogP contribution in [0.5, 0.6) is 0 Å². The van der Waals surface area contributed by atoms with Gasteiger partial charge in [0.25, 0.3) is 0 Å². The fourth-order valence-corrected chi connectivity index (χ4v) is 6.27. The molecule has 0 saturated heterocycles. The number of aromatic nitrogens is 2. The van der Waals surface area contributed by atoms with Crippen molar-refractivity contribution < 1.29 is 4.74 Å². The van der Waals surface area contributed by atoms with Gasteiger partial charge in [-0.3, -0.25) is 9.80 Å². The lowest BCUT2D eigenvalue weighted by Crippen LogP contribution is -2.31. The second-order valence-electron chi connectivity index (χ2n) is 9.87. The van der Waals surface area contributed by atoms with Gasteiger partial charge in [0, 0.05) is 80.6 Å². The second kappa shape index (κ2) is 13.2. The van der Waals surface area contributed by atoms with Crippen molar-refractivity contribution in [2.75, 3.05) is 74.3 Å². The number of likely N-dealkylation sites (N-methyl/N-ethyl adjacent to an activating group) is 2. The van der Waals surface area contributed by atoms with Crippen LogP contribution < -0.4 is 15.5 Å². The molecule has 0 spiro atoms. The van der Waals surface area contributed by atoms with Gasteiger partial charge in [0.15, 0.2) is 5.82 Å². The Balaban J connectivity index is 1.33. The number of fused-ring (bicyclic) bond motifs is 2. The molecular formula is C29H38ClN7OS. The van der Waals surface area contributed by atoms with Crippen molar-refractivity contribution in [1.29, 1.82) is 0 Å². The van der Waals surface area contributed by atoms with E-state index in [2.05, 4.69) is 80.6 Å². The summed E-state index contributed by atoms with van der Waals surface area (Å²) in [6.45, 7) is 13.1. The third kappa shape index (κ3) is 6.96. The first-order valence-corrected chi connectivity index (χ1v) is 15.1. The van der Waals surface area contributed by atoms with Crippen LogP contribution in [-0.2, 0) is 17.8 Å². The van der Waals surface area contributed by atoms with Gasteiger partial charge in [0.05, 0.1) is 12.8 Å². The van der Waals surface area contributed by atoms with Crippen LogP contribution in [-0.4, -0.2) is 78.5 Å². The lowest BCUT2D eigenvalue weighted by molar-refractivity contribution is 0.148. The molecule has 208 valence electrons. The third-order valence-corrected chi connectivity index (χ3v) is 8.70. The predicted octanol–water partition coefficient (Wildman–Crippen LogP) is 5.83. The zero-order valence-electron chi connectivity index (χ0n) is 23.0. The van der Waals surface area contributed by atoms with Gasteiger partial charge < -0.3 is 20.3 Å². The normalized spacial score (nSPS) is 16.3. The number of hydrogen-bond donors (Lipinski definition) is 2. The average molecular weight is 568 g/mol. The lowest BCUT2D eigenvalue weighted by Gasteiger charge is -2.23. The summed E-state index contributed by atoms with van der Waals surface area (Å²) in [5.74, 6) is 2.16. The molecular weight excluding hydrogens is 530 g/mol. The van der Waals surface area contributed by atoms with Crippen molar-refractivity contribution in [1.82, 2.24) is 19.8 Å². The highest BCUT2D eigenvalue weighted by molar-refractivity contribution is 7.99. The van der Waals surface area contributed by atoms with Crippen molar-refractivity contribution in [2.45, 2.75) is 31.8 Å². The van der Waals surface area contributed by atoms with Crippen molar-refractivity contribution in [3.8, 4) is 0 Å². The standard InChI is InChI=1S/C29H38ClN7OS/c1-4-35-10-11-37(5-2)26-17-24(7-6-21(26)19-35)33-29-31-18-25(30)28(34-29)32-23-8-9-27-22(16-23)20-36(12-14-38-3)13-15-39-27/h6-9,16-18H,4-5,10-15,19-20H2,1-3H3,(H2,31,32,33,34). The van der Waals surface area contributed by atoms with E-state index in [1.54, 1.807) is 13.3 Å². The summed E-state index contributed by atoms with van der Waals surface area (Å²) in [4.78, 5) is 17.9. The summed E-state index contributed by atoms with van der Waals surface area (Å²) < 4.78 is 5.30. The quantitative estimate of drug-likeness (QED) is 0.332. The Labute approximate surface area is 241 Å². The zero-order chi connectivity index (χ0) is 27.2. The van der Waals surface area contributed by atoms with Crippen molar-refractivity contribution >= 4 is 52.2 Å². The van der Waals surface area contributed by atoms with Crippen molar-refractivity contribution in [3.63, 3.8) is 0 Å². The highest BCUT2D eigenvalue weighted by Crippen LogP contribution is 2.33. The van der Waals surface area contributed by atoms with Crippen molar-refractivity contribution in [3.05, 3.63) is 58.7 Å². The van der Waals surface area contributed by atoms with Crippen LogP contribution in [0.4, 0.5) is 28.8 Å². The van der Waals surface area contributed by atoms with Gasteiger partial charge in [0.2, 0.25) is 5.95 Å². The molecule has 2 aliphatic heterocycles. The number of hydrogen-bond acceptors (Lipinski definition) is 9. The molecule has 0 aliphatic carbocycles. The molecule has 0 fully saturated rings. The van der Waals surface area contributed by atoms with E-state index in [4.69, 9.17) is 21.3 Å². The molecule has 3 heterocycles. The van der Waals surface area contributed by atoms with E-state index in [0.717, 1.165) is 76.1 Å². The topological polar surface area (TPSA) is 68.8 Å². The summed E-state index contributed by atoms with van der Waals surface area (Å²) in [5, 5.41) is 7.30. The van der Waals surface area contributed by atoms with Gasteiger partial charge in [-0.2, -0.15) is 4.98 Å². The fraction of sp³-hybridized carbons (Fsp3) is 0.448. The summed E-state index contributed by atoms with van der Waals surface area (Å²) in [5.41, 5.74) is 5.84. The van der Waals surface area contributed by atoms with Gasteiger partial charge in [-0.15, -0.1) is 11.8 Å². The Kier molecular flexibility index (Phi) is 9.47. The number of nitrogens with one attached hydrogen (secondary N) is 2. The molecule has 39 heavy (non-hydrogen) atoms. The monoisotopic (exact) mass is 567 g/mol. The predicted molar refractivity (Wildman–Crippen MR) is 163 cm³/mol. The maximum Gasteiger partial charge on any atom is 0.229 e. The minimum atomic E-state index is 0.477. The molecule has 10 heteroatoms. The van der Waals surface area contributed by atoms with Gasteiger partial charge in [-0.05, 0) is 54.9 Å². The maximum atomic E-state index is 6.52. The van der Waals surface area contributed by atoms with Gasteiger partial charge >= 0.3 is 0 Å². The van der Waals surface area contributed by atoms with E-state index in [1.165, 1.54) is 21.7 Å². The first kappa shape index (κ1) is 28.0. The summed E-state index contributed by atoms with van der Waals surface area (Å²) in [7, 11) is 1.75. The average Bonchev–Trinajstić information content (AvgIpc) is 3.26. The first-order chi connectivity index (χ1) is 19.1. The highest BCUT2D eigenvalue weighted by atomic mass is 35.5. The van der Waals surface area contributed by atoms with Gasteiger partial charge in [0.1, 0.15) is 5.02 Å². The van der Waals surface area contributed by atoms with Crippen LogP contribution in [0, 0.1) is 0 Å². The fourth-order valence-electron chi connectivity index (χ4n) is 5.09. The van der Waals surface area contributed by atoms with Crippen molar-refractivity contribution in [2.24, 2.45) is 0 Å². The molecule has 1 aromatic heterocycles. The smallest absolute Gasteiger partial charge is 0.229 e. The summed E-state index contributed by atoms with van der Waals surface area (Å²) >= 11 is 8.43. The summed E-state index contributed by atoms with van der Waals surface area (Å²) in [6, 6.07) is 13.0. The minimum absolute atomic E-state index is 0.477. The SMILES string of the molecule is CCN1CCN(CC)c2cc(Nc3ncc(Cl)c(Nc4ccc5c(c4)CN(CCOC)CCS5)n3)ccc2C1. The van der Waals surface area contributed by atoms with E-state index in [-0.39, 0.29) is 0 Å². The first-order valence-electron chi connectivity index (χ1n) is 13.7. The Bertz CT molecular complexity index is 1270. The molecule has 0 atom stereocenters. The Morgan fingerprint density at radius 3 is 2.59 bits per heavy atom. The number of anilines is 5. The summed E-state index contributed by atoms with van der Waals surface area (Å²) in [6.07, 6.45) is 1.64. The number of ether oxygens (including phenoxy) is 1. The highest BCUT2D eigenvalue weighted by Gasteiger charge is 2.19. The van der Waals surface area contributed by atoms with Crippen LogP contribution in [0.15, 0.2) is 47.5 Å². The van der Waals surface area contributed by atoms with Crippen LogP contribution in [0.3, 0.4) is 0 Å². The Morgan fingerprint density at radius 1 is 0.949 bits per heavy atom. The van der Waals surface area contributed by atoms with E-state index in [0.29, 0.717) is 16.8 Å². The molecule has 8 nitrogen and oxygen atoms in total. The molecule has 5 rings (SSSR count). The lowest BCUT2D eigenvalue weighted by atomic mass is 10.1. The van der Waals surface area contributed by atoms with Crippen LogP contribution in [0.25, 0.3) is 0 Å². The number of benzene rings is 2. The zero-order valence-corrected chi connectivity index (χ0v) is 24.6. The number of thioether (sulfide) groups is 1. The van der Waals surface area contributed by atoms with Gasteiger partial charge in [-0.25, -0.2) is 4.98 Å². The molecule has 2 aromatic carbocycles. The Hall–Kier alpha value is -2.56. The molecule has 0 amide bonds. The maximum absolute atomic E-state index is 6.52. The van der Waals surface area contributed by atoms with E-state index in [9.17, 15) is 0 Å². The second-order valence-corrected chi connectivity index (χ2v) is 11.4. The molecule has 3 aromatic rings. The van der Waals surface area contributed by atoms with E-state index in [1.807, 2.05) is 11.8 Å². The number of halogens is 1. The molecule has 0 saturated carbocycles. The molecule has 0 radical (unpaired) electrons. The van der Waals surface area contributed by atoms with E-state index < -0.39 is 0 Å².